The van der Waals surface area contributed by atoms with Gasteiger partial charge in [-0.25, -0.2) is 9.59 Å². The maximum Gasteiger partial charge on any atom is 0.408 e. The first kappa shape index (κ1) is 23.2. The minimum absolute atomic E-state index is 0.0143. The zero-order valence-electron chi connectivity index (χ0n) is 17.2. The number of carboxylic acids is 1. The van der Waals surface area contributed by atoms with Gasteiger partial charge in [0.15, 0.2) is 0 Å². The topological polar surface area (TPSA) is 119 Å². The summed E-state index contributed by atoms with van der Waals surface area (Å²) in [5, 5.41) is 11.7. The number of rotatable bonds is 7. The Morgan fingerprint density at radius 3 is 2.10 bits per heavy atom. The van der Waals surface area contributed by atoms with E-state index in [9.17, 15) is 23.1 Å². The van der Waals surface area contributed by atoms with Crippen LogP contribution in [0, 0.1) is 6.92 Å². The summed E-state index contributed by atoms with van der Waals surface area (Å²) in [5.74, 6) is -1.13. The van der Waals surface area contributed by atoms with Crippen LogP contribution in [0.1, 0.15) is 31.9 Å². The largest absolute Gasteiger partial charge is 0.480 e. The number of ether oxygens (including phenoxy) is 1. The van der Waals surface area contributed by atoms with Crippen LogP contribution in [-0.4, -0.2) is 37.2 Å². The van der Waals surface area contributed by atoms with Crippen LogP contribution in [0.3, 0.4) is 0 Å². The van der Waals surface area contributed by atoms with Crippen LogP contribution < -0.4 is 9.50 Å². The zero-order valence-corrected chi connectivity index (χ0v) is 18.0. The molecule has 0 bridgehead atoms. The van der Waals surface area contributed by atoms with Gasteiger partial charge in [0.05, 0.1) is 0 Å². The summed E-state index contributed by atoms with van der Waals surface area (Å²) in [7, 11) is -3.98. The Morgan fingerprint density at radius 1 is 1.03 bits per heavy atom. The van der Waals surface area contributed by atoms with E-state index in [2.05, 4.69) is 5.32 Å². The van der Waals surface area contributed by atoms with E-state index in [0.29, 0.717) is 5.56 Å². The molecule has 8 nitrogen and oxygen atoms in total. The van der Waals surface area contributed by atoms with E-state index in [-0.39, 0.29) is 17.1 Å². The van der Waals surface area contributed by atoms with Gasteiger partial charge < -0.3 is 19.3 Å². The van der Waals surface area contributed by atoms with Gasteiger partial charge in [0.25, 0.3) is 0 Å². The average Bonchev–Trinajstić information content (AvgIpc) is 2.61. The van der Waals surface area contributed by atoms with Gasteiger partial charge in [-0.15, -0.1) is 0 Å². The van der Waals surface area contributed by atoms with E-state index in [1.807, 2.05) is 6.92 Å². The molecule has 0 aliphatic heterocycles. The molecular weight excluding hydrogens is 410 g/mol. The van der Waals surface area contributed by atoms with Gasteiger partial charge in [-0.2, -0.15) is 8.42 Å². The van der Waals surface area contributed by atoms with Crippen LogP contribution in [-0.2, 0) is 26.1 Å². The first-order chi connectivity index (χ1) is 13.9. The first-order valence-electron chi connectivity index (χ1n) is 9.18. The summed E-state index contributed by atoms with van der Waals surface area (Å²) in [5.41, 5.74) is 0.736. The number of aryl methyl sites for hydroxylation is 1. The lowest BCUT2D eigenvalue weighted by Gasteiger charge is -2.22. The van der Waals surface area contributed by atoms with E-state index >= 15 is 0 Å². The van der Waals surface area contributed by atoms with Crippen LogP contribution in [0.15, 0.2) is 53.4 Å². The Bertz CT molecular complexity index is 991. The summed E-state index contributed by atoms with van der Waals surface area (Å²) in [4.78, 5) is 23.3. The lowest BCUT2D eigenvalue weighted by Crippen LogP contribution is -2.44. The maximum atomic E-state index is 12.3. The molecule has 2 rings (SSSR count). The van der Waals surface area contributed by atoms with Crippen molar-refractivity contribution in [3.05, 3.63) is 59.7 Å². The predicted octanol–water partition coefficient (Wildman–Crippen LogP) is 3.28. The number of benzene rings is 2. The molecule has 2 aromatic rings. The molecule has 0 aromatic heterocycles. The van der Waals surface area contributed by atoms with Crippen molar-refractivity contribution in [1.29, 1.82) is 0 Å². The normalized spacial score (nSPS) is 12.7. The van der Waals surface area contributed by atoms with Crippen molar-refractivity contribution in [3.63, 3.8) is 0 Å². The van der Waals surface area contributed by atoms with Crippen LogP contribution in [0.5, 0.6) is 5.75 Å². The van der Waals surface area contributed by atoms with Gasteiger partial charge in [-0.05, 0) is 57.5 Å². The monoisotopic (exact) mass is 435 g/mol. The van der Waals surface area contributed by atoms with E-state index in [0.717, 1.165) is 5.56 Å². The highest BCUT2D eigenvalue weighted by molar-refractivity contribution is 7.87. The first-order valence-corrected chi connectivity index (χ1v) is 10.6. The van der Waals surface area contributed by atoms with Crippen molar-refractivity contribution < 1.29 is 32.0 Å². The number of aliphatic carboxylic acids is 1. The van der Waals surface area contributed by atoms with Crippen LogP contribution in [0.25, 0.3) is 0 Å². The highest BCUT2D eigenvalue weighted by Crippen LogP contribution is 2.20. The Labute approximate surface area is 176 Å². The van der Waals surface area contributed by atoms with Crippen molar-refractivity contribution in [2.24, 2.45) is 0 Å². The second-order valence-corrected chi connectivity index (χ2v) is 9.28. The Balaban J connectivity index is 2.05. The predicted molar refractivity (Wildman–Crippen MR) is 110 cm³/mol. The SMILES string of the molecule is Cc1ccc(S(=O)(=O)Oc2ccc(C[C@H](NC(=O)OC(C)(C)C)C(=O)O)cc2)cc1. The molecule has 2 aromatic carbocycles. The standard InChI is InChI=1S/C21H25NO7S/c1-14-5-11-17(12-6-14)30(26,27)29-16-9-7-15(8-10-16)13-18(19(23)24)22-20(25)28-21(2,3)4/h5-12,18H,13H2,1-4H3,(H,22,25)(H,23,24)/t18-/m0/s1. The summed E-state index contributed by atoms with van der Waals surface area (Å²) in [6.45, 7) is 6.86. The third kappa shape index (κ3) is 7.07. The number of hydrogen-bond acceptors (Lipinski definition) is 6. The molecule has 1 atom stereocenters. The van der Waals surface area contributed by atoms with Gasteiger partial charge in [-0.3, -0.25) is 0 Å². The summed E-state index contributed by atoms with van der Waals surface area (Å²) in [6, 6.07) is 11.0. The molecule has 0 heterocycles. The minimum atomic E-state index is -3.98. The smallest absolute Gasteiger partial charge is 0.408 e. The molecule has 0 unspecified atom stereocenters. The van der Waals surface area contributed by atoms with Crippen molar-refractivity contribution in [1.82, 2.24) is 5.32 Å². The van der Waals surface area contributed by atoms with E-state index < -0.39 is 33.8 Å². The average molecular weight is 435 g/mol. The van der Waals surface area contributed by atoms with E-state index in [4.69, 9.17) is 8.92 Å². The molecule has 0 radical (unpaired) electrons. The second-order valence-electron chi connectivity index (χ2n) is 7.74. The fourth-order valence-corrected chi connectivity index (χ4v) is 3.38. The number of hydrogen-bond donors (Lipinski definition) is 2. The molecular formula is C21H25NO7S. The van der Waals surface area contributed by atoms with E-state index in [1.54, 1.807) is 32.9 Å². The summed E-state index contributed by atoms with van der Waals surface area (Å²) in [6.07, 6.45) is -0.849. The molecule has 0 spiro atoms. The fourth-order valence-electron chi connectivity index (χ4n) is 2.45. The van der Waals surface area contributed by atoms with Gasteiger partial charge in [0, 0.05) is 6.42 Å². The summed E-state index contributed by atoms with van der Waals surface area (Å²) >= 11 is 0. The highest BCUT2D eigenvalue weighted by Gasteiger charge is 2.24. The molecule has 162 valence electrons. The Kier molecular flexibility index (Phi) is 7.09. The number of alkyl carbamates (subject to hydrolysis) is 1. The fraction of sp³-hybridized carbons (Fsp3) is 0.333. The second kappa shape index (κ2) is 9.17. The molecule has 30 heavy (non-hydrogen) atoms. The molecule has 2 N–H and O–H groups in total. The van der Waals surface area contributed by atoms with Crippen molar-refractivity contribution in [2.75, 3.05) is 0 Å². The van der Waals surface area contributed by atoms with Crippen LogP contribution >= 0.6 is 0 Å². The molecule has 0 aliphatic rings. The molecule has 0 aliphatic carbocycles. The number of nitrogens with one attached hydrogen (secondary N) is 1. The third-order valence-corrected chi connectivity index (χ3v) is 5.13. The van der Waals surface area contributed by atoms with E-state index in [1.165, 1.54) is 36.4 Å². The van der Waals surface area contributed by atoms with Crippen molar-refractivity contribution in [3.8, 4) is 5.75 Å². The van der Waals surface area contributed by atoms with Crippen LogP contribution in [0.2, 0.25) is 0 Å². The third-order valence-electron chi connectivity index (χ3n) is 3.87. The Hall–Kier alpha value is -3.07. The number of carboxylic acid groups (broad SMARTS) is 1. The van der Waals surface area contributed by atoms with Gasteiger partial charge >= 0.3 is 22.2 Å². The van der Waals surface area contributed by atoms with Crippen molar-refractivity contribution >= 4 is 22.2 Å². The molecule has 0 saturated carbocycles. The van der Waals surface area contributed by atoms with Gasteiger partial charge in [-0.1, -0.05) is 29.8 Å². The molecule has 9 heteroatoms. The summed E-state index contributed by atoms with van der Waals surface area (Å²) < 4.78 is 34.9. The van der Waals surface area contributed by atoms with Crippen molar-refractivity contribution in [2.45, 2.75) is 50.7 Å². The highest BCUT2D eigenvalue weighted by atomic mass is 32.2. The maximum absolute atomic E-state index is 12.3. The molecule has 0 fully saturated rings. The minimum Gasteiger partial charge on any atom is -0.480 e. The number of amides is 1. The molecule has 0 saturated heterocycles. The van der Waals surface area contributed by atoms with Gasteiger partial charge in [0.2, 0.25) is 0 Å². The van der Waals surface area contributed by atoms with Gasteiger partial charge in [0.1, 0.15) is 22.3 Å². The lowest BCUT2D eigenvalue weighted by molar-refractivity contribution is -0.139. The molecule has 1 amide bonds. The zero-order chi connectivity index (χ0) is 22.5. The quantitative estimate of drug-likeness (QED) is 0.641. The van der Waals surface area contributed by atoms with Crippen LogP contribution in [0.4, 0.5) is 4.79 Å². The number of carbonyl (C=O) groups excluding carboxylic acids is 1. The Morgan fingerprint density at radius 2 is 1.60 bits per heavy atom. The lowest BCUT2D eigenvalue weighted by atomic mass is 10.1. The number of carbonyl (C=O) groups is 2.